The third kappa shape index (κ3) is 8.38. The van der Waals surface area contributed by atoms with E-state index in [0.717, 1.165) is 5.56 Å². The van der Waals surface area contributed by atoms with E-state index in [-0.39, 0.29) is 21.9 Å². The van der Waals surface area contributed by atoms with Gasteiger partial charge in [-0.3, -0.25) is 19.7 Å². The standard InChI is InChI=1S/C30H39N3O9S/c1-18-12-14-21(15-13-18)43(39,40)32-31-22-17-30(8,36)25(27(35)42-29(5,6)7)23(24(22)26(34)41-28(2,3)4)19-10-9-11-20(16-19)33(37)38/h9-16,23-25,32,36H,17H2,1-8H3/b31-22-/t23-,24-,25-,30+/m1/s1. The van der Waals surface area contributed by atoms with Gasteiger partial charge in [0.2, 0.25) is 0 Å². The molecule has 1 aliphatic carbocycles. The fourth-order valence-corrected chi connectivity index (χ4v) is 5.85. The van der Waals surface area contributed by atoms with E-state index < -0.39 is 67.9 Å². The molecule has 0 bridgehead atoms. The lowest BCUT2D eigenvalue weighted by molar-refractivity contribution is -0.385. The Bertz CT molecular complexity index is 1520. The number of aliphatic hydroxyl groups is 1. The minimum absolute atomic E-state index is 0.0827. The molecule has 1 aliphatic rings. The molecule has 13 heteroatoms. The molecule has 2 aromatic rings. The molecule has 43 heavy (non-hydrogen) atoms. The van der Waals surface area contributed by atoms with Gasteiger partial charge in [-0.15, -0.1) is 0 Å². The molecule has 0 heterocycles. The van der Waals surface area contributed by atoms with Gasteiger partial charge in [0.15, 0.2) is 0 Å². The van der Waals surface area contributed by atoms with Gasteiger partial charge in [0.05, 0.1) is 27.0 Å². The number of ether oxygens (including phenoxy) is 2. The number of nitro groups is 1. The van der Waals surface area contributed by atoms with Gasteiger partial charge in [0.1, 0.15) is 17.1 Å². The van der Waals surface area contributed by atoms with E-state index in [1.54, 1.807) is 60.6 Å². The minimum Gasteiger partial charge on any atom is -0.460 e. The van der Waals surface area contributed by atoms with E-state index in [9.17, 15) is 33.2 Å². The highest BCUT2D eigenvalue weighted by Gasteiger charge is 2.57. The van der Waals surface area contributed by atoms with Crippen LogP contribution < -0.4 is 4.83 Å². The van der Waals surface area contributed by atoms with Gasteiger partial charge >= 0.3 is 11.9 Å². The van der Waals surface area contributed by atoms with Crippen molar-refractivity contribution in [2.45, 2.75) is 89.4 Å². The molecule has 2 N–H and O–H groups in total. The van der Waals surface area contributed by atoms with Gasteiger partial charge < -0.3 is 14.6 Å². The number of nitrogens with one attached hydrogen (secondary N) is 1. The third-order valence-corrected chi connectivity index (χ3v) is 7.94. The molecule has 3 rings (SSSR count). The van der Waals surface area contributed by atoms with Crippen LogP contribution in [0.5, 0.6) is 0 Å². The van der Waals surface area contributed by atoms with Crippen LogP contribution in [-0.2, 0) is 29.1 Å². The number of non-ortho nitro benzene ring substituents is 1. The summed E-state index contributed by atoms with van der Waals surface area (Å²) in [5.74, 6) is -5.84. The number of carbonyl (C=O) groups is 2. The summed E-state index contributed by atoms with van der Waals surface area (Å²) >= 11 is 0. The number of sulfonamides is 1. The average Bonchev–Trinajstić information content (AvgIpc) is 2.84. The summed E-state index contributed by atoms with van der Waals surface area (Å²) < 4.78 is 37.6. The molecule has 0 saturated heterocycles. The Morgan fingerprint density at radius 2 is 1.58 bits per heavy atom. The maximum atomic E-state index is 13.9. The van der Waals surface area contributed by atoms with E-state index in [1.165, 1.54) is 43.3 Å². The monoisotopic (exact) mass is 617 g/mol. The summed E-state index contributed by atoms with van der Waals surface area (Å²) in [7, 11) is -4.20. The summed E-state index contributed by atoms with van der Waals surface area (Å²) in [5.41, 5.74) is -3.33. The Balaban J connectivity index is 2.27. The highest BCUT2D eigenvalue weighted by atomic mass is 32.2. The van der Waals surface area contributed by atoms with Gasteiger partial charge in [-0.2, -0.15) is 13.5 Å². The van der Waals surface area contributed by atoms with Crippen molar-refractivity contribution >= 4 is 33.4 Å². The second-order valence-electron chi connectivity index (χ2n) is 12.9. The van der Waals surface area contributed by atoms with Gasteiger partial charge in [0, 0.05) is 24.5 Å². The molecule has 0 spiro atoms. The maximum absolute atomic E-state index is 13.9. The highest BCUT2D eigenvalue weighted by molar-refractivity contribution is 7.89. The van der Waals surface area contributed by atoms with Crippen LogP contribution in [0.4, 0.5) is 5.69 Å². The summed E-state index contributed by atoms with van der Waals surface area (Å²) in [6.07, 6.45) is -0.414. The number of hydrogen-bond donors (Lipinski definition) is 2. The maximum Gasteiger partial charge on any atom is 0.315 e. The lowest BCUT2D eigenvalue weighted by Crippen LogP contribution is -2.56. The normalized spacial score (nSPS) is 23.8. The Kier molecular flexibility index (Phi) is 9.42. The van der Waals surface area contributed by atoms with Crippen LogP contribution in [0.15, 0.2) is 58.5 Å². The second-order valence-corrected chi connectivity index (χ2v) is 14.6. The van der Waals surface area contributed by atoms with E-state index in [1.807, 2.05) is 0 Å². The van der Waals surface area contributed by atoms with Crippen molar-refractivity contribution in [3.05, 3.63) is 69.8 Å². The molecular formula is C30H39N3O9S. The molecule has 0 aromatic heterocycles. The van der Waals surface area contributed by atoms with Crippen molar-refractivity contribution in [1.82, 2.24) is 4.83 Å². The largest absolute Gasteiger partial charge is 0.460 e. The fourth-order valence-electron chi connectivity index (χ4n) is 5.02. The molecule has 1 fully saturated rings. The predicted octanol–water partition coefficient (Wildman–Crippen LogP) is 4.39. The molecule has 0 amide bonds. The quantitative estimate of drug-likeness (QED) is 0.259. The number of nitrogens with zero attached hydrogens (tertiary/aromatic N) is 2. The summed E-state index contributed by atoms with van der Waals surface area (Å²) in [5, 5.41) is 27.5. The Hall–Kier alpha value is -3.84. The number of esters is 2. The number of nitro benzene ring substituents is 1. The Labute approximate surface area is 251 Å². The fraction of sp³-hybridized carbons (Fsp3) is 0.500. The van der Waals surface area contributed by atoms with Gasteiger partial charge in [0.25, 0.3) is 15.7 Å². The van der Waals surface area contributed by atoms with Crippen LogP contribution in [0.25, 0.3) is 0 Å². The van der Waals surface area contributed by atoms with E-state index in [2.05, 4.69) is 9.93 Å². The number of benzene rings is 2. The highest BCUT2D eigenvalue weighted by Crippen LogP contribution is 2.48. The number of aryl methyl sites for hydroxylation is 1. The van der Waals surface area contributed by atoms with Crippen molar-refractivity contribution in [3.8, 4) is 0 Å². The van der Waals surface area contributed by atoms with Crippen molar-refractivity contribution in [3.63, 3.8) is 0 Å². The Morgan fingerprint density at radius 3 is 2.12 bits per heavy atom. The lowest BCUT2D eigenvalue weighted by Gasteiger charge is -2.46. The van der Waals surface area contributed by atoms with Crippen LogP contribution in [0, 0.1) is 28.9 Å². The van der Waals surface area contributed by atoms with Crippen molar-refractivity contribution in [1.29, 1.82) is 0 Å². The first kappa shape index (κ1) is 33.7. The lowest BCUT2D eigenvalue weighted by atomic mass is 9.61. The van der Waals surface area contributed by atoms with Crippen LogP contribution in [0.2, 0.25) is 0 Å². The van der Waals surface area contributed by atoms with Crippen LogP contribution >= 0.6 is 0 Å². The SMILES string of the molecule is Cc1ccc(S(=O)(=O)N/N=C2/C[C@](C)(O)[C@@H](C(=O)OC(C)(C)C)[C@H](c3cccc([N+](=O)[O-])c3)[C@@H]2C(=O)OC(C)(C)C)cc1. The molecule has 12 nitrogen and oxygen atoms in total. The zero-order valence-electron chi connectivity index (χ0n) is 25.6. The van der Waals surface area contributed by atoms with Crippen molar-refractivity contribution in [2.24, 2.45) is 16.9 Å². The van der Waals surface area contributed by atoms with Crippen LogP contribution in [0.1, 0.15) is 71.9 Å². The summed E-state index contributed by atoms with van der Waals surface area (Å²) in [6, 6.07) is 11.3. The van der Waals surface area contributed by atoms with Gasteiger partial charge in [-0.1, -0.05) is 29.8 Å². The first-order chi connectivity index (χ1) is 19.6. The van der Waals surface area contributed by atoms with Crippen LogP contribution in [-0.4, -0.2) is 52.9 Å². The van der Waals surface area contributed by atoms with Crippen molar-refractivity contribution < 1.29 is 37.5 Å². The minimum atomic E-state index is -4.20. The zero-order chi connectivity index (χ0) is 32.5. The number of hydrazone groups is 1. The third-order valence-electron chi connectivity index (χ3n) is 6.71. The molecule has 0 unspecified atom stereocenters. The number of hydrogen-bond acceptors (Lipinski definition) is 10. The number of carbonyl (C=O) groups excluding carboxylic acids is 2. The smallest absolute Gasteiger partial charge is 0.315 e. The molecular weight excluding hydrogens is 578 g/mol. The molecule has 0 aliphatic heterocycles. The van der Waals surface area contributed by atoms with Gasteiger partial charge in [-0.05, 0) is 73.1 Å². The van der Waals surface area contributed by atoms with Crippen LogP contribution in [0.3, 0.4) is 0 Å². The van der Waals surface area contributed by atoms with E-state index >= 15 is 0 Å². The second kappa shape index (κ2) is 12.0. The summed E-state index contributed by atoms with van der Waals surface area (Å²) in [6.45, 7) is 13.0. The molecule has 234 valence electrons. The molecule has 1 saturated carbocycles. The first-order valence-corrected chi connectivity index (χ1v) is 15.2. The topological polar surface area (TPSA) is 174 Å². The zero-order valence-corrected chi connectivity index (χ0v) is 26.4. The molecule has 0 radical (unpaired) electrons. The van der Waals surface area contributed by atoms with E-state index in [0.29, 0.717) is 0 Å². The van der Waals surface area contributed by atoms with Gasteiger partial charge in [-0.25, -0.2) is 4.83 Å². The summed E-state index contributed by atoms with van der Waals surface area (Å²) in [4.78, 5) is 40.7. The molecule has 2 aromatic carbocycles. The molecule has 4 atom stereocenters. The first-order valence-electron chi connectivity index (χ1n) is 13.7. The van der Waals surface area contributed by atoms with Crippen molar-refractivity contribution in [2.75, 3.05) is 0 Å². The average molecular weight is 618 g/mol. The van der Waals surface area contributed by atoms with E-state index in [4.69, 9.17) is 9.47 Å². The number of rotatable bonds is 7. The predicted molar refractivity (Wildman–Crippen MR) is 159 cm³/mol. The Morgan fingerprint density at radius 1 is 1.02 bits per heavy atom.